The first-order valence-electron chi connectivity index (χ1n) is 10.2. The number of carbonyl (C=O) groups excluding carboxylic acids is 2. The molecule has 1 aromatic rings. The maximum absolute atomic E-state index is 12.2. The Hall–Kier alpha value is -1.85. The van der Waals surface area contributed by atoms with E-state index in [0.717, 1.165) is 63.1 Å². The normalized spacial score (nSPS) is 23.5. The lowest BCUT2D eigenvalue weighted by molar-refractivity contribution is -0.132. The Morgan fingerprint density at radius 1 is 1.15 bits per heavy atom. The van der Waals surface area contributed by atoms with Crippen LogP contribution in [0.5, 0.6) is 0 Å². The van der Waals surface area contributed by atoms with Crippen molar-refractivity contribution in [1.29, 1.82) is 0 Å². The number of hydrogen-bond acceptors (Lipinski definition) is 4. The van der Waals surface area contributed by atoms with Crippen LogP contribution < -0.4 is 5.32 Å². The summed E-state index contributed by atoms with van der Waals surface area (Å²) < 4.78 is 5.29. The number of aromatic nitrogens is 1. The summed E-state index contributed by atoms with van der Waals surface area (Å²) in [6.45, 7) is 2.50. The summed E-state index contributed by atoms with van der Waals surface area (Å²) in [6, 6.07) is 1.92. The maximum Gasteiger partial charge on any atom is 0.226 e. The quantitative estimate of drug-likeness (QED) is 0.812. The van der Waals surface area contributed by atoms with Crippen molar-refractivity contribution in [2.75, 3.05) is 19.6 Å². The SMILES string of the molecule is O=C(Cc1cc(C2CC2)on1)NCCC1CCCN(C(=O)C2CC2)CC1. The van der Waals surface area contributed by atoms with Crippen LogP contribution in [0.25, 0.3) is 0 Å². The predicted molar refractivity (Wildman–Crippen MR) is 96.5 cm³/mol. The zero-order chi connectivity index (χ0) is 17.9. The van der Waals surface area contributed by atoms with Crippen molar-refractivity contribution in [1.82, 2.24) is 15.4 Å². The van der Waals surface area contributed by atoms with E-state index in [1.165, 1.54) is 12.8 Å². The molecule has 142 valence electrons. The van der Waals surface area contributed by atoms with E-state index in [2.05, 4.69) is 15.4 Å². The van der Waals surface area contributed by atoms with E-state index in [1.54, 1.807) is 0 Å². The number of carbonyl (C=O) groups is 2. The molecular weight excluding hydrogens is 330 g/mol. The zero-order valence-electron chi connectivity index (χ0n) is 15.4. The third-order valence-corrected chi connectivity index (χ3v) is 5.86. The first-order chi connectivity index (χ1) is 12.7. The summed E-state index contributed by atoms with van der Waals surface area (Å²) in [6.07, 6.45) is 9.09. The zero-order valence-corrected chi connectivity index (χ0v) is 15.4. The highest BCUT2D eigenvalue weighted by Crippen LogP contribution is 2.40. The molecule has 1 N–H and O–H groups in total. The Kier molecular flexibility index (Phi) is 5.27. The average molecular weight is 359 g/mol. The first kappa shape index (κ1) is 17.6. The third-order valence-electron chi connectivity index (χ3n) is 5.86. The Morgan fingerprint density at radius 2 is 2.00 bits per heavy atom. The van der Waals surface area contributed by atoms with Gasteiger partial charge in [-0.1, -0.05) is 5.16 Å². The van der Waals surface area contributed by atoms with Crippen LogP contribution in [-0.4, -0.2) is 41.5 Å². The molecule has 1 aliphatic heterocycles. The van der Waals surface area contributed by atoms with Crippen LogP contribution in [0, 0.1) is 11.8 Å². The Morgan fingerprint density at radius 3 is 2.77 bits per heavy atom. The van der Waals surface area contributed by atoms with Gasteiger partial charge >= 0.3 is 0 Å². The van der Waals surface area contributed by atoms with Crippen LogP contribution in [0.4, 0.5) is 0 Å². The van der Waals surface area contributed by atoms with Gasteiger partial charge in [0.1, 0.15) is 5.76 Å². The molecule has 0 spiro atoms. The van der Waals surface area contributed by atoms with Crippen LogP contribution >= 0.6 is 0 Å². The fraction of sp³-hybridized carbons (Fsp3) is 0.750. The van der Waals surface area contributed by atoms with Gasteiger partial charge in [-0.3, -0.25) is 9.59 Å². The summed E-state index contributed by atoms with van der Waals surface area (Å²) in [5.74, 6) is 2.76. The van der Waals surface area contributed by atoms with E-state index < -0.39 is 0 Å². The highest BCUT2D eigenvalue weighted by Gasteiger charge is 2.34. The van der Waals surface area contributed by atoms with E-state index in [9.17, 15) is 9.59 Å². The molecule has 2 amide bonds. The van der Waals surface area contributed by atoms with Gasteiger partial charge in [0.25, 0.3) is 0 Å². The Balaban J connectivity index is 1.14. The molecule has 0 aromatic carbocycles. The molecule has 6 heteroatoms. The van der Waals surface area contributed by atoms with Gasteiger partial charge in [0, 0.05) is 37.5 Å². The second kappa shape index (κ2) is 7.80. The molecule has 0 bridgehead atoms. The standard InChI is InChI=1S/C20H29N3O3/c24-19(13-17-12-18(26-22-17)15-3-4-15)21-9-7-14-2-1-10-23(11-8-14)20(25)16-5-6-16/h12,14-16H,1-11,13H2,(H,21,24). The van der Waals surface area contributed by atoms with Gasteiger partial charge in [-0.25, -0.2) is 0 Å². The summed E-state index contributed by atoms with van der Waals surface area (Å²) in [7, 11) is 0. The minimum atomic E-state index is 0.0137. The molecule has 0 radical (unpaired) electrons. The van der Waals surface area contributed by atoms with Crippen LogP contribution in [-0.2, 0) is 16.0 Å². The molecule has 1 unspecified atom stereocenters. The van der Waals surface area contributed by atoms with Gasteiger partial charge in [-0.05, 0) is 57.3 Å². The van der Waals surface area contributed by atoms with Crippen molar-refractivity contribution >= 4 is 11.8 Å². The number of nitrogens with one attached hydrogen (secondary N) is 1. The van der Waals surface area contributed by atoms with Gasteiger partial charge in [0.05, 0.1) is 12.1 Å². The van der Waals surface area contributed by atoms with Gasteiger partial charge in [0.2, 0.25) is 11.8 Å². The fourth-order valence-corrected chi connectivity index (χ4v) is 3.88. The molecule has 1 saturated heterocycles. The molecule has 2 heterocycles. The first-order valence-corrected chi connectivity index (χ1v) is 10.2. The maximum atomic E-state index is 12.2. The van der Waals surface area contributed by atoms with Gasteiger partial charge < -0.3 is 14.7 Å². The molecule has 1 aromatic heterocycles. The number of amides is 2. The lowest BCUT2D eigenvalue weighted by atomic mass is 9.97. The molecule has 1 atom stereocenters. The number of rotatable bonds is 7. The second-order valence-electron chi connectivity index (χ2n) is 8.21. The monoisotopic (exact) mass is 359 g/mol. The number of nitrogens with zero attached hydrogens (tertiary/aromatic N) is 2. The fourth-order valence-electron chi connectivity index (χ4n) is 3.88. The lowest BCUT2D eigenvalue weighted by Crippen LogP contribution is -2.33. The van der Waals surface area contributed by atoms with Crippen LogP contribution in [0.15, 0.2) is 10.6 Å². The van der Waals surface area contributed by atoms with E-state index in [-0.39, 0.29) is 5.91 Å². The van der Waals surface area contributed by atoms with Crippen LogP contribution in [0.3, 0.4) is 0 Å². The van der Waals surface area contributed by atoms with E-state index >= 15 is 0 Å². The predicted octanol–water partition coefficient (Wildman–Crippen LogP) is 2.64. The molecule has 6 nitrogen and oxygen atoms in total. The van der Waals surface area contributed by atoms with Crippen LogP contribution in [0.1, 0.15) is 68.7 Å². The minimum Gasteiger partial charge on any atom is -0.361 e. The molecule has 2 saturated carbocycles. The highest BCUT2D eigenvalue weighted by atomic mass is 16.5. The van der Waals surface area contributed by atoms with E-state index in [1.807, 2.05) is 6.07 Å². The summed E-state index contributed by atoms with van der Waals surface area (Å²) in [4.78, 5) is 26.4. The average Bonchev–Trinajstić information content (AvgIpc) is 3.53. The highest BCUT2D eigenvalue weighted by molar-refractivity contribution is 5.81. The molecule has 2 aliphatic carbocycles. The number of likely N-dealkylation sites (tertiary alicyclic amines) is 1. The van der Waals surface area contributed by atoms with E-state index in [4.69, 9.17) is 4.52 Å². The minimum absolute atomic E-state index is 0.0137. The number of hydrogen-bond donors (Lipinski definition) is 1. The van der Waals surface area contributed by atoms with Crippen molar-refractivity contribution in [3.05, 3.63) is 17.5 Å². The van der Waals surface area contributed by atoms with Gasteiger partial charge in [0.15, 0.2) is 0 Å². The second-order valence-corrected chi connectivity index (χ2v) is 8.21. The molecule has 4 rings (SSSR count). The van der Waals surface area contributed by atoms with Crippen LogP contribution in [0.2, 0.25) is 0 Å². The van der Waals surface area contributed by atoms with Crippen molar-refractivity contribution in [3.63, 3.8) is 0 Å². The van der Waals surface area contributed by atoms with Gasteiger partial charge in [-0.15, -0.1) is 0 Å². The third kappa shape index (κ3) is 4.65. The summed E-state index contributed by atoms with van der Waals surface area (Å²) in [5, 5.41) is 7.01. The lowest BCUT2D eigenvalue weighted by Gasteiger charge is -2.20. The Bertz CT molecular complexity index is 648. The molecule has 3 aliphatic rings. The van der Waals surface area contributed by atoms with Crippen molar-refractivity contribution in [2.24, 2.45) is 11.8 Å². The van der Waals surface area contributed by atoms with Crippen molar-refractivity contribution in [3.8, 4) is 0 Å². The summed E-state index contributed by atoms with van der Waals surface area (Å²) >= 11 is 0. The van der Waals surface area contributed by atoms with Crippen molar-refractivity contribution < 1.29 is 14.1 Å². The molecule has 3 fully saturated rings. The van der Waals surface area contributed by atoms with E-state index in [0.29, 0.717) is 36.6 Å². The molecule has 26 heavy (non-hydrogen) atoms. The largest absolute Gasteiger partial charge is 0.361 e. The Labute approximate surface area is 154 Å². The molecular formula is C20H29N3O3. The van der Waals surface area contributed by atoms with Gasteiger partial charge in [-0.2, -0.15) is 0 Å². The summed E-state index contributed by atoms with van der Waals surface area (Å²) in [5.41, 5.74) is 0.730. The smallest absolute Gasteiger partial charge is 0.226 e. The van der Waals surface area contributed by atoms with Crippen molar-refractivity contribution in [2.45, 2.75) is 63.7 Å². The topological polar surface area (TPSA) is 75.4 Å².